The van der Waals surface area contributed by atoms with Gasteiger partial charge in [0.1, 0.15) is 0 Å². The fourth-order valence-corrected chi connectivity index (χ4v) is 3.04. The summed E-state index contributed by atoms with van der Waals surface area (Å²) in [5.41, 5.74) is 2.64. The zero-order valence-electron chi connectivity index (χ0n) is 16.3. The molecule has 0 aromatic heterocycles. The predicted octanol–water partition coefficient (Wildman–Crippen LogP) is 5.18. The smallest absolute Gasteiger partial charge is 0.363 e. The second-order valence-electron chi connectivity index (χ2n) is 6.58. The first-order valence-electron chi connectivity index (χ1n) is 9.10. The molecule has 0 saturated carbocycles. The number of benzene rings is 2. The molecule has 0 atom stereocenters. The number of aliphatic imine (C=N–C) groups is 1. The summed E-state index contributed by atoms with van der Waals surface area (Å²) in [5, 5.41) is 0.404. The van der Waals surface area contributed by atoms with E-state index < -0.39 is 5.97 Å². The Hall–Kier alpha value is -2.79. The van der Waals surface area contributed by atoms with E-state index in [2.05, 4.69) is 4.99 Å². The van der Waals surface area contributed by atoms with E-state index >= 15 is 0 Å². The summed E-state index contributed by atoms with van der Waals surface area (Å²) >= 11 is 6.40. The Balaban J connectivity index is 1.98. The Morgan fingerprint density at radius 2 is 2.00 bits per heavy atom. The van der Waals surface area contributed by atoms with Gasteiger partial charge in [0.25, 0.3) is 0 Å². The number of rotatable bonds is 6. The van der Waals surface area contributed by atoms with Crippen LogP contribution in [0.15, 0.2) is 47.1 Å². The van der Waals surface area contributed by atoms with E-state index in [1.54, 1.807) is 18.2 Å². The average molecular weight is 400 g/mol. The molecule has 146 valence electrons. The lowest BCUT2D eigenvalue weighted by atomic mass is 10.1. The molecule has 0 spiro atoms. The number of cyclic esters (lactones) is 1. The Kier molecular flexibility index (Phi) is 6.05. The fourth-order valence-electron chi connectivity index (χ4n) is 2.78. The molecule has 2 aromatic rings. The molecule has 0 aliphatic carbocycles. The second kappa shape index (κ2) is 8.48. The number of nitrogens with zero attached hydrogens (tertiary/aromatic N) is 1. The Morgan fingerprint density at radius 1 is 1.25 bits per heavy atom. The van der Waals surface area contributed by atoms with Gasteiger partial charge in [-0.3, -0.25) is 0 Å². The summed E-state index contributed by atoms with van der Waals surface area (Å²) in [4.78, 5) is 16.7. The van der Waals surface area contributed by atoms with E-state index in [1.165, 1.54) is 0 Å². The van der Waals surface area contributed by atoms with Crippen molar-refractivity contribution in [2.45, 2.75) is 33.8 Å². The van der Waals surface area contributed by atoms with Gasteiger partial charge < -0.3 is 14.2 Å². The Labute approximate surface area is 169 Å². The molecule has 2 aromatic carbocycles. The van der Waals surface area contributed by atoms with Crippen LogP contribution in [0.3, 0.4) is 0 Å². The largest absolute Gasteiger partial charge is 0.490 e. The van der Waals surface area contributed by atoms with Crippen LogP contribution in [0.5, 0.6) is 11.5 Å². The highest BCUT2D eigenvalue weighted by Crippen LogP contribution is 2.38. The quantitative estimate of drug-likeness (QED) is 0.496. The third kappa shape index (κ3) is 4.37. The summed E-state index contributed by atoms with van der Waals surface area (Å²) < 4.78 is 16.8. The number of carbonyl (C=O) groups excluding carboxylic acids is 1. The SMILES string of the molecule is CCOc1cc(/C=C2\N=C(c3ccccc3C)OC2=O)cc(Cl)c1OC(C)C. The van der Waals surface area contributed by atoms with Crippen molar-refractivity contribution in [2.75, 3.05) is 6.61 Å². The van der Waals surface area contributed by atoms with Crippen molar-refractivity contribution in [2.24, 2.45) is 4.99 Å². The minimum absolute atomic E-state index is 0.0491. The van der Waals surface area contributed by atoms with E-state index in [0.29, 0.717) is 34.6 Å². The lowest BCUT2D eigenvalue weighted by Gasteiger charge is -2.16. The molecule has 6 heteroatoms. The highest BCUT2D eigenvalue weighted by molar-refractivity contribution is 6.32. The van der Waals surface area contributed by atoms with Crippen molar-refractivity contribution in [1.82, 2.24) is 0 Å². The molecule has 0 saturated heterocycles. The van der Waals surface area contributed by atoms with E-state index in [1.807, 2.05) is 52.0 Å². The van der Waals surface area contributed by atoms with Crippen molar-refractivity contribution in [3.63, 3.8) is 0 Å². The molecular formula is C22H22ClNO4. The van der Waals surface area contributed by atoms with Gasteiger partial charge in [-0.1, -0.05) is 29.8 Å². The van der Waals surface area contributed by atoms with Crippen LogP contribution in [0.2, 0.25) is 5.02 Å². The monoisotopic (exact) mass is 399 g/mol. The minimum atomic E-state index is -0.505. The lowest BCUT2D eigenvalue weighted by molar-refractivity contribution is -0.129. The first-order chi connectivity index (χ1) is 13.4. The zero-order valence-corrected chi connectivity index (χ0v) is 17.0. The number of esters is 1. The van der Waals surface area contributed by atoms with E-state index in [4.69, 9.17) is 25.8 Å². The van der Waals surface area contributed by atoms with Gasteiger partial charge >= 0.3 is 5.97 Å². The molecule has 1 heterocycles. The normalized spacial score (nSPS) is 15.0. The lowest BCUT2D eigenvalue weighted by Crippen LogP contribution is -2.08. The number of halogens is 1. The van der Waals surface area contributed by atoms with Crippen LogP contribution in [0.1, 0.15) is 37.5 Å². The van der Waals surface area contributed by atoms with Crippen molar-refractivity contribution in [3.05, 3.63) is 63.8 Å². The maximum absolute atomic E-state index is 12.3. The molecule has 1 aliphatic rings. The molecule has 1 aliphatic heterocycles. The molecule has 3 rings (SSSR count). The fraction of sp³-hybridized carbons (Fsp3) is 0.273. The molecule has 0 unspecified atom stereocenters. The van der Waals surface area contributed by atoms with Crippen LogP contribution in [0, 0.1) is 6.92 Å². The molecule has 5 nitrogen and oxygen atoms in total. The van der Waals surface area contributed by atoms with E-state index in [9.17, 15) is 4.79 Å². The van der Waals surface area contributed by atoms with Crippen molar-refractivity contribution in [3.8, 4) is 11.5 Å². The van der Waals surface area contributed by atoms with Crippen LogP contribution >= 0.6 is 11.6 Å². The van der Waals surface area contributed by atoms with E-state index in [0.717, 1.165) is 11.1 Å². The van der Waals surface area contributed by atoms with Gasteiger partial charge in [-0.15, -0.1) is 0 Å². The first kappa shape index (κ1) is 20.0. The van der Waals surface area contributed by atoms with Gasteiger partial charge in [0.05, 0.1) is 17.7 Å². The van der Waals surface area contributed by atoms with E-state index in [-0.39, 0.29) is 11.8 Å². The van der Waals surface area contributed by atoms with Crippen LogP contribution in [-0.4, -0.2) is 24.6 Å². The van der Waals surface area contributed by atoms with Gasteiger partial charge in [0, 0.05) is 5.56 Å². The van der Waals surface area contributed by atoms with Crippen molar-refractivity contribution in [1.29, 1.82) is 0 Å². The Bertz CT molecular complexity index is 963. The highest BCUT2D eigenvalue weighted by Gasteiger charge is 2.25. The molecule has 28 heavy (non-hydrogen) atoms. The third-order valence-corrected chi connectivity index (χ3v) is 4.27. The number of hydrogen-bond donors (Lipinski definition) is 0. The summed E-state index contributed by atoms with van der Waals surface area (Å²) in [6.07, 6.45) is 1.58. The molecule has 0 N–H and O–H groups in total. The number of carbonyl (C=O) groups is 1. The van der Waals surface area contributed by atoms with Crippen LogP contribution in [0.25, 0.3) is 6.08 Å². The van der Waals surface area contributed by atoms with Gasteiger partial charge in [-0.2, -0.15) is 0 Å². The van der Waals surface area contributed by atoms with Gasteiger partial charge in [0.2, 0.25) is 5.90 Å². The van der Waals surface area contributed by atoms with Crippen molar-refractivity contribution >= 4 is 29.5 Å². The van der Waals surface area contributed by atoms with Crippen LogP contribution < -0.4 is 9.47 Å². The summed E-state index contributed by atoms with van der Waals surface area (Å²) in [6, 6.07) is 11.1. The molecule has 0 fully saturated rings. The standard InChI is InChI=1S/C22H22ClNO4/c1-5-26-19-12-15(10-17(23)20(19)27-13(2)3)11-18-22(25)28-21(24-18)16-9-7-6-8-14(16)4/h6-13H,5H2,1-4H3/b18-11-. The average Bonchev–Trinajstić information content (AvgIpc) is 2.99. The van der Waals surface area contributed by atoms with Crippen LogP contribution in [0.4, 0.5) is 0 Å². The number of aryl methyl sites for hydroxylation is 1. The zero-order chi connectivity index (χ0) is 20.3. The molecule has 0 radical (unpaired) electrons. The third-order valence-electron chi connectivity index (χ3n) is 3.98. The summed E-state index contributed by atoms with van der Waals surface area (Å²) in [5.74, 6) is 0.795. The summed E-state index contributed by atoms with van der Waals surface area (Å²) in [6.45, 7) is 8.11. The van der Waals surface area contributed by atoms with Crippen molar-refractivity contribution < 1.29 is 19.0 Å². The minimum Gasteiger partial charge on any atom is -0.490 e. The van der Waals surface area contributed by atoms with Gasteiger partial charge in [-0.25, -0.2) is 9.79 Å². The topological polar surface area (TPSA) is 57.1 Å². The van der Waals surface area contributed by atoms with Gasteiger partial charge in [-0.05, 0) is 63.1 Å². The van der Waals surface area contributed by atoms with Gasteiger partial charge in [0.15, 0.2) is 17.2 Å². The molecule has 0 bridgehead atoms. The number of ether oxygens (including phenoxy) is 3. The van der Waals surface area contributed by atoms with Crippen LogP contribution in [-0.2, 0) is 9.53 Å². The summed E-state index contributed by atoms with van der Waals surface area (Å²) in [7, 11) is 0. The molecule has 0 amide bonds. The maximum Gasteiger partial charge on any atom is 0.363 e. The highest BCUT2D eigenvalue weighted by atomic mass is 35.5. The molecular weight excluding hydrogens is 378 g/mol. The maximum atomic E-state index is 12.3. The Morgan fingerprint density at radius 3 is 2.68 bits per heavy atom. The number of hydrogen-bond acceptors (Lipinski definition) is 5. The second-order valence-corrected chi connectivity index (χ2v) is 6.99. The first-order valence-corrected chi connectivity index (χ1v) is 9.48. The predicted molar refractivity (Wildman–Crippen MR) is 110 cm³/mol.